The second-order valence-corrected chi connectivity index (χ2v) is 4.52. The summed E-state index contributed by atoms with van der Waals surface area (Å²) < 4.78 is 0. The molecule has 0 aromatic rings. The van der Waals surface area contributed by atoms with E-state index in [0.717, 1.165) is 0 Å². The zero-order valence-electron chi connectivity index (χ0n) is 10.4. The Morgan fingerprint density at radius 2 is 2.22 bits per heavy atom. The lowest BCUT2D eigenvalue weighted by Gasteiger charge is -2.36. The molecule has 2 fully saturated rings. The SMILES string of the molecule is CNC(=O)C1CNCCN1C(=O)[C@@H]1CCC(=O)N1. The molecule has 2 heterocycles. The van der Waals surface area contributed by atoms with Gasteiger partial charge in [0.25, 0.3) is 0 Å². The number of hydrogen-bond donors (Lipinski definition) is 3. The number of hydrogen-bond acceptors (Lipinski definition) is 4. The fraction of sp³-hybridized carbons (Fsp3) is 0.727. The van der Waals surface area contributed by atoms with Crippen molar-refractivity contribution in [3.8, 4) is 0 Å². The van der Waals surface area contributed by atoms with Crippen LogP contribution in [0.5, 0.6) is 0 Å². The van der Waals surface area contributed by atoms with E-state index < -0.39 is 12.1 Å². The van der Waals surface area contributed by atoms with E-state index in [0.29, 0.717) is 32.5 Å². The Morgan fingerprint density at radius 3 is 2.83 bits per heavy atom. The van der Waals surface area contributed by atoms with Crippen LogP contribution in [0, 0.1) is 0 Å². The number of carbonyl (C=O) groups is 3. The van der Waals surface area contributed by atoms with Crippen molar-refractivity contribution in [1.29, 1.82) is 0 Å². The zero-order chi connectivity index (χ0) is 13.1. The summed E-state index contributed by atoms with van der Waals surface area (Å²) in [5.74, 6) is -0.434. The molecule has 0 aliphatic carbocycles. The van der Waals surface area contributed by atoms with Gasteiger partial charge in [0.2, 0.25) is 17.7 Å². The smallest absolute Gasteiger partial charge is 0.245 e. The largest absolute Gasteiger partial charge is 0.357 e. The predicted octanol–water partition coefficient (Wildman–Crippen LogP) is -2.19. The highest BCUT2D eigenvalue weighted by molar-refractivity contribution is 5.94. The van der Waals surface area contributed by atoms with Crippen molar-refractivity contribution < 1.29 is 14.4 Å². The van der Waals surface area contributed by atoms with Crippen molar-refractivity contribution in [2.75, 3.05) is 26.7 Å². The molecule has 2 atom stereocenters. The van der Waals surface area contributed by atoms with E-state index in [-0.39, 0.29) is 17.7 Å². The van der Waals surface area contributed by atoms with Gasteiger partial charge in [0.1, 0.15) is 12.1 Å². The van der Waals surface area contributed by atoms with Crippen molar-refractivity contribution in [2.24, 2.45) is 0 Å². The van der Waals surface area contributed by atoms with Crippen LogP contribution in [0.2, 0.25) is 0 Å². The van der Waals surface area contributed by atoms with Crippen LogP contribution >= 0.6 is 0 Å². The van der Waals surface area contributed by atoms with Gasteiger partial charge in [-0.2, -0.15) is 0 Å². The lowest BCUT2D eigenvalue weighted by molar-refractivity contribution is -0.143. The molecule has 7 heteroatoms. The van der Waals surface area contributed by atoms with Gasteiger partial charge in [0.05, 0.1) is 0 Å². The topological polar surface area (TPSA) is 90.5 Å². The van der Waals surface area contributed by atoms with Crippen molar-refractivity contribution in [3.63, 3.8) is 0 Å². The van der Waals surface area contributed by atoms with Gasteiger partial charge in [-0.05, 0) is 6.42 Å². The van der Waals surface area contributed by atoms with E-state index in [9.17, 15) is 14.4 Å². The van der Waals surface area contributed by atoms with Gasteiger partial charge in [-0.1, -0.05) is 0 Å². The minimum atomic E-state index is -0.492. The van der Waals surface area contributed by atoms with E-state index in [1.807, 2.05) is 0 Å². The fourth-order valence-corrected chi connectivity index (χ4v) is 2.37. The van der Waals surface area contributed by atoms with Crippen LogP contribution in [0.4, 0.5) is 0 Å². The molecule has 100 valence electrons. The molecule has 0 bridgehead atoms. The summed E-state index contributed by atoms with van der Waals surface area (Å²) in [4.78, 5) is 36.7. The van der Waals surface area contributed by atoms with Crippen molar-refractivity contribution in [3.05, 3.63) is 0 Å². The number of carbonyl (C=O) groups excluding carboxylic acids is 3. The Bertz CT molecular complexity index is 371. The molecule has 18 heavy (non-hydrogen) atoms. The number of amides is 3. The summed E-state index contributed by atoms with van der Waals surface area (Å²) in [5.41, 5.74) is 0. The average molecular weight is 254 g/mol. The van der Waals surface area contributed by atoms with Crippen molar-refractivity contribution in [2.45, 2.75) is 24.9 Å². The summed E-state index contributed by atoms with van der Waals surface area (Å²) in [7, 11) is 1.55. The summed E-state index contributed by atoms with van der Waals surface area (Å²) in [5, 5.41) is 8.30. The minimum absolute atomic E-state index is 0.0972. The van der Waals surface area contributed by atoms with E-state index in [1.165, 1.54) is 0 Å². The van der Waals surface area contributed by atoms with Crippen LogP contribution < -0.4 is 16.0 Å². The molecule has 2 saturated heterocycles. The molecule has 2 aliphatic heterocycles. The van der Waals surface area contributed by atoms with Gasteiger partial charge in [-0.25, -0.2) is 0 Å². The lowest BCUT2D eigenvalue weighted by Crippen LogP contribution is -2.61. The molecule has 7 nitrogen and oxygen atoms in total. The number of nitrogens with one attached hydrogen (secondary N) is 3. The molecule has 2 rings (SSSR count). The Balaban J connectivity index is 2.06. The average Bonchev–Trinajstić information content (AvgIpc) is 2.83. The standard InChI is InChI=1S/C11H18N4O3/c1-12-10(17)8-6-13-4-5-15(8)11(18)7-2-3-9(16)14-7/h7-8,13H,2-6H2,1H3,(H,12,17)(H,14,16)/t7-,8?/m0/s1. The molecule has 0 radical (unpaired) electrons. The maximum Gasteiger partial charge on any atom is 0.245 e. The molecule has 2 aliphatic rings. The van der Waals surface area contributed by atoms with Crippen molar-refractivity contribution >= 4 is 17.7 Å². The Kier molecular flexibility index (Phi) is 3.81. The van der Waals surface area contributed by atoms with Crippen LogP contribution in [0.1, 0.15) is 12.8 Å². The van der Waals surface area contributed by atoms with Gasteiger partial charge in [-0.3, -0.25) is 14.4 Å². The first kappa shape index (κ1) is 12.8. The summed E-state index contributed by atoms with van der Waals surface area (Å²) in [6.07, 6.45) is 0.898. The quantitative estimate of drug-likeness (QED) is 0.522. The molecule has 3 amide bonds. The van der Waals surface area contributed by atoms with Crippen LogP contribution in [0.15, 0.2) is 0 Å². The lowest BCUT2D eigenvalue weighted by atomic mass is 10.1. The highest BCUT2D eigenvalue weighted by Gasteiger charge is 2.37. The number of rotatable bonds is 2. The molecule has 1 unspecified atom stereocenters. The minimum Gasteiger partial charge on any atom is -0.357 e. The highest BCUT2D eigenvalue weighted by atomic mass is 16.2. The van der Waals surface area contributed by atoms with Crippen LogP contribution in [0.25, 0.3) is 0 Å². The fourth-order valence-electron chi connectivity index (χ4n) is 2.37. The molecular weight excluding hydrogens is 236 g/mol. The number of nitrogens with zero attached hydrogens (tertiary/aromatic N) is 1. The molecule has 3 N–H and O–H groups in total. The number of likely N-dealkylation sites (N-methyl/N-ethyl adjacent to an activating group) is 1. The third-order valence-corrected chi connectivity index (χ3v) is 3.37. The molecule has 0 saturated carbocycles. The normalized spacial score (nSPS) is 27.8. The molecule has 0 spiro atoms. The van der Waals surface area contributed by atoms with Gasteiger partial charge in [0, 0.05) is 33.1 Å². The first-order valence-corrected chi connectivity index (χ1v) is 6.15. The predicted molar refractivity (Wildman–Crippen MR) is 63.6 cm³/mol. The monoisotopic (exact) mass is 254 g/mol. The van der Waals surface area contributed by atoms with E-state index in [1.54, 1.807) is 11.9 Å². The maximum absolute atomic E-state index is 12.3. The second kappa shape index (κ2) is 5.34. The van der Waals surface area contributed by atoms with Crippen LogP contribution in [-0.4, -0.2) is 61.4 Å². The third kappa shape index (κ3) is 2.45. The van der Waals surface area contributed by atoms with Crippen molar-refractivity contribution in [1.82, 2.24) is 20.9 Å². The summed E-state index contributed by atoms with van der Waals surface area (Å²) in [6.45, 7) is 1.61. The Hall–Kier alpha value is -1.63. The first-order chi connectivity index (χ1) is 8.63. The molecular formula is C11H18N4O3. The summed E-state index contributed by atoms with van der Waals surface area (Å²) >= 11 is 0. The first-order valence-electron chi connectivity index (χ1n) is 6.15. The van der Waals surface area contributed by atoms with E-state index >= 15 is 0 Å². The highest BCUT2D eigenvalue weighted by Crippen LogP contribution is 2.13. The van der Waals surface area contributed by atoms with Gasteiger partial charge >= 0.3 is 0 Å². The number of piperazine rings is 1. The second-order valence-electron chi connectivity index (χ2n) is 4.52. The molecule has 0 aromatic carbocycles. The van der Waals surface area contributed by atoms with Crippen LogP contribution in [0.3, 0.4) is 0 Å². The molecule has 0 aromatic heterocycles. The zero-order valence-corrected chi connectivity index (χ0v) is 10.4. The van der Waals surface area contributed by atoms with Crippen LogP contribution in [-0.2, 0) is 14.4 Å². The van der Waals surface area contributed by atoms with E-state index in [4.69, 9.17) is 0 Å². The van der Waals surface area contributed by atoms with Gasteiger partial charge in [0.15, 0.2) is 0 Å². The van der Waals surface area contributed by atoms with Gasteiger partial charge in [-0.15, -0.1) is 0 Å². The maximum atomic E-state index is 12.3. The van der Waals surface area contributed by atoms with E-state index in [2.05, 4.69) is 16.0 Å². The summed E-state index contributed by atoms with van der Waals surface area (Å²) in [6, 6.07) is -0.962. The Morgan fingerprint density at radius 1 is 1.44 bits per heavy atom. The Labute approximate surface area is 105 Å². The third-order valence-electron chi connectivity index (χ3n) is 3.37. The van der Waals surface area contributed by atoms with Gasteiger partial charge < -0.3 is 20.9 Å².